The van der Waals surface area contributed by atoms with E-state index in [1.54, 1.807) is 10.9 Å². The molecule has 0 aliphatic heterocycles. The highest BCUT2D eigenvalue weighted by Crippen LogP contribution is 2.25. The van der Waals surface area contributed by atoms with E-state index in [1.807, 2.05) is 25.4 Å². The van der Waals surface area contributed by atoms with E-state index >= 15 is 0 Å². The van der Waals surface area contributed by atoms with Crippen LogP contribution in [0.5, 0.6) is 0 Å². The van der Waals surface area contributed by atoms with Gasteiger partial charge in [-0.3, -0.25) is 9.67 Å². The Morgan fingerprint density at radius 1 is 1.47 bits per heavy atom. The van der Waals surface area contributed by atoms with E-state index in [0.717, 1.165) is 23.4 Å². The summed E-state index contributed by atoms with van der Waals surface area (Å²) in [6, 6.07) is 3.86. The van der Waals surface area contributed by atoms with Crippen molar-refractivity contribution in [2.45, 2.75) is 13.3 Å². The molecule has 4 heteroatoms. The summed E-state index contributed by atoms with van der Waals surface area (Å²) in [7, 11) is 1.88. The number of hydrogen-bond acceptors (Lipinski definition) is 2. The lowest BCUT2D eigenvalue weighted by Crippen LogP contribution is -1.96. The normalized spacial score (nSPS) is 10.6. The van der Waals surface area contributed by atoms with Crippen molar-refractivity contribution in [3.63, 3.8) is 0 Å². The van der Waals surface area contributed by atoms with E-state index in [1.165, 1.54) is 0 Å². The van der Waals surface area contributed by atoms with Gasteiger partial charge in [-0.2, -0.15) is 5.10 Å². The summed E-state index contributed by atoms with van der Waals surface area (Å²) >= 11 is 6.17. The number of halogens is 1. The summed E-state index contributed by atoms with van der Waals surface area (Å²) in [5, 5.41) is 4.77. The van der Waals surface area contributed by atoms with Crippen LogP contribution in [0.3, 0.4) is 0 Å². The molecule has 0 atom stereocenters. The second-order valence-corrected chi connectivity index (χ2v) is 3.77. The number of aromatic nitrogens is 3. The zero-order valence-electron chi connectivity index (χ0n) is 8.74. The third-order valence-electron chi connectivity index (χ3n) is 2.37. The van der Waals surface area contributed by atoms with Gasteiger partial charge in [-0.25, -0.2) is 0 Å². The quantitative estimate of drug-likeness (QED) is 0.781. The summed E-state index contributed by atoms with van der Waals surface area (Å²) in [5.41, 5.74) is 2.86. The number of nitrogens with zero attached hydrogens (tertiary/aromatic N) is 3. The fourth-order valence-corrected chi connectivity index (χ4v) is 1.75. The van der Waals surface area contributed by atoms with Crippen LogP contribution in [0, 0.1) is 0 Å². The van der Waals surface area contributed by atoms with Crippen LogP contribution < -0.4 is 0 Å². The maximum atomic E-state index is 6.17. The Morgan fingerprint density at radius 2 is 2.27 bits per heavy atom. The largest absolute Gasteiger partial charge is 0.266 e. The average Bonchev–Trinajstić information content (AvgIpc) is 2.64. The SMILES string of the molecule is CCc1cnc(-c2ccnn2C)c(Cl)c1. The zero-order chi connectivity index (χ0) is 10.8. The molecule has 2 rings (SSSR count). The van der Waals surface area contributed by atoms with Crippen molar-refractivity contribution in [3.8, 4) is 11.4 Å². The van der Waals surface area contributed by atoms with Gasteiger partial charge in [0.2, 0.25) is 0 Å². The minimum absolute atomic E-state index is 0.679. The van der Waals surface area contributed by atoms with Crippen molar-refractivity contribution in [2.24, 2.45) is 7.05 Å². The first-order valence-corrected chi connectivity index (χ1v) is 5.23. The van der Waals surface area contributed by atoms with Crippen LogP contribution >= 0.6 is 11.6 Å². The Bertz CT molecular complexity index is 476. The number of pyridine rings is 1. The molecule has 2 aromatic heterocycles. The Labute approximate surface area is 93.7 Å². The smallest absolute Gasteiger partial charge is 0.107 e. The van der Waals surface area contributed by atoms with Gasteiger partial charge in [-0.1, -0.05) is 18.5 Å². The second-order valence-electron chi connectivity index (χ2n) is 3.37. The van der Waals surface area contributed by atoms with Gasteiger partial charge in [0, 0.05) is 19.4 Å². The van der Waals surface area contributed by atoms with Crippen LogP contribution in [0.25, 0.3) is 11.4 Å². The summed E-state index contributed by atoms with van der Waals surface area (Å²) in [5.74, 6) is 0. The number of hydrogen-bond donors (Lipinski definition) is 0. The van der Waals surface area contributed by atoms with Crippen LogP contribution in [0.15, 0.2) is 24.5 Å². The molecule has 0 amide bonds. The summed E-state index contributed by atoms with van der Waals surface area (Å²) in [6.07, 6.45) is 4.54. The fraction of sp³-hybridized carbons (Fsp3) is 0.273. The molecule has 0 spiro atoms. The summed E-state index contributed by atoms with van der Waals surface area (Å²) in [4.78, 5) is 4.36. The lowest BCUT2D eigenvalue weighted by atomic mass is 10.2. The molecule has 0 fully saturated rings. The molecule has 2 heterocycles. The average molecular weight is 222 g/mol. The van der Waals surface area contributed by atoms with Gasteiger partial charge in [0.05, 0.1) is 10.7 Å². The van der Waals surface area contributed by atoms with Gasteiger partial charge in [0.15, 0.2) is 0 Å². The highest BCUT2D eigenvalue weighted by atomic mass is 35.5. The maximum absolute atomic E-state index is 6.17. The van der Waals surface area contributed by atoms with Crippen LogP contribution in [0.4, 0.5) is 0 Å². The standard InChI is InChI=1S/C11H12ClN3/c1-3-8-6-9(12)11(13-7-8)10-4-5-14-15(10)2/h4-7H,3H2,1-2H3. The molecule has 0 N–H and O–H groups in total. The van der Waals surface area contributed by atoms with Gasteiger partial charge < -0.3 is 0 Å². The molecule has 0 saturated carbocycles. The number of aryl methyl sites for hydroxylation is 2. The summed E-state index contributed by atoms with van der Waals surface area (Å²) < 4.78 is 1.76. The van der Waals surface area contributed by atoms with Crippen molar-refractivity contribution in [1.29, 1.82) is 0 Å². The first-order chi connectivity index (χ1) is 7.22. The van der Waals surface area contributed by atoms with Crippen molar-refractivity contribution in [3.05, 3.63) is 35.1 Å². The second kappa shape index (κ2) is 4.03. The number of rotatable bonds is 2. The third kappa shape index (κ3) is 1.88. The molecule has 0 saturated heterocycles. The predicted molar refractivity (Wildman–Crippen MR) is 60.8 cm³/mol. The fourth-order valence-electron chi connectivity index (χ4n) is 1.47. The first-order valence-electron chi connectivity index (χ1n) is 4.85. The molecule has 0 aliphatic rings. The van der Waals surface area contributed by atoms with E-state index in [9.17, 15) is 0 Å². The Kier molecular flexibility index (Phi) is 2.73. The van der Waals surface area contributed by atoms with E-state index in [0.29, 0.717) is 5.02 Å². The molecule has 0 bridgehead atoms. The molecular weight excluding hydrogens is 210 g/mol. The lowest BCUT2D eigenvalue weighted by molar-refractivity contribution is 0.773. The lowest BCUT2D eigenvalue weighted by Gasteiger charge is -2.05. The molecule has 3 nitrogen and oxygen atoms in total. The molecule has 0 unspecified atom stereocenters. The van der Waals surface area contributed by atoms with Gasteiger partial charge in [-0.05, 0) is 24.1 Å². The van der Waals surface area contributed by atoms with Gasteiger partial charge in [0.1, 0.15) is 5.69 Å². The van der Waals surface area contributed by atoms with Crippen molar-refractivity contribution >= 4 is 11.6 Å². The molecule has 2 aromatic rings. The Hall–Kier alpha value is -1.35. The topological polar surface area (TPSA) is 30.7 Å². The molecule has 78 valence electrons. The van der Waals surface area contributed by atoms with Gasteiger partial charge >= 0.3 is 0 Å². The van der Waals surface area contributed by atoms with Crippen LogP contribution in [-0.2, 0) is 13.5 Å². The zero-order valence-corrected chi connectivity index (χ0v) is 9.49. The molecule has 0 radical (unpaired) electrons. The molecule has 15 heavy (non-hydrogen) atoms. The minimum atomic E-state index is 0.679. The van der Waals surface area contributed by atoms with Crippen LogP contribution in [0.2, 0.25) is 5.02 Å². The van der Waals surface area contributed by atoms with E-state index in [2.05, 4.69) is 17.0 Å². The highest BCUT2D eigenvalue weighted by Gasteiger charge is 2.08. The molecule has 0 aromatic carbocycles. The minimum Gasteiger partial charge on any atom is -0.266 e. The van der Waals surface area contributed by atoms with Crippen molar-refractivity contribution in [2.75, 3.05) is 0 Å². The van der Waals surface area contributed by atoms with E-state index in [4.69, 9.17) is 11.6 Å². The molecular formula is C11H12ClN3. The van der Waals surface area contributed by atoms with E-state index in [-0.39, 0.29) is 0 Å². The summed E-state index contributed by atoms with van der Waals surface area (Å²) in [6.45, 7) is 2.08. The van der Waals surface area contributed by atoms with Crippen molar-refractivity contribution in [1.82, 2.24) is 14.8 Å². The Balaban J connectivity index is 2.50. The monoisotopic (exact) mass is 221 g/mol. The van der Waals surface area contributed by atoms with Gasteiger partial charge in [-0.15, -0.1) is 0 Å². The first kappa shape index (κ1) is 10.2. The highest BCUT2D eigenvalue weighted by molar-refractivity contribution is 6.33. The maximum Gasteiger partial charge on any atom is 0.107 e. The predicted octanol–water partition coefficient (Wildman–Crippen LogP) is 2.70. The van der Waals surface area contributed by atoms with Crippen LogP contribution in [-0.4, -0.2) is 14.8 Å². The molecule has 0 aliphatic carbocycles. The third-order valence-corrected chi connectivity index (χ3v) is 2.66. The van der Waals surface area contributed by atoms with E-state index < -0.39 is 0 Å². The van der Waals surface area contributed by atoms with Crippen LogP contribution in [0.1, 0.15) is 12.5 Å². The Morgan fingerprint density at radius 3 is 2.80 bits per heavy atom. The van der Waals surface area contributed by atoms with Gasteiger partial charge in [0.25, 0.3) is 0 Å². The van der Waals surface area contributed by atoms with Crippen molar-refractivity contribution < 1.29 is 0 Å².